The SMILES string of the molecule is Cc1c(C(=O)NCC(O)c2c(Cl)cccc2Cl)nnn1C1CCNCC1. The molecule has 1 fully saturated rings. The first-order chi connectivity index (χ1) is 12.5. The summed E-state index contributed by atoms with van der Waals surface area (Å²) in [5.41, 5.74) is 1.38. The van der Waals surface area contributed by atoms with E-state index in [1.807, 2.05) is 11.6 Å². The number of hydrogen-bond acceptors (Lipinski definition) is 5. The number of aliphatic hydroxyl groups is 1. The van der Waals surface area contributed by atoms with Crippen LogP contribution >= 0.6 is 23.2 Å². The zero-order valence-corrected chi connectivity index (χ0v) is 15.9. The molecule has 1 aliphatic rings. The zero-order valence-electron chi connectivity index (χ0n) is 14.4. The molecular weight excluding hydrogens is 377 g/mol. The van der Waals surface area contributed by atoms with Crippen LogP contribution in [0.15, 0.2) is 18.2 Å². The molecule has 3 rings (SSSR count). The molecule has 0 radical (unpaired) electrons. The van der Waals surface area contributed by atoms with Crippen molar-refractivity contribution in [3.05, 3.63) is 45.2 Å². The number of aromatic nitrogens is 3. The molecule has 140 valence electrons. The van der Waals surface area contributed by atoms with Crippen molar-refractivity contribution >= 4 is 29.1 Å². The molecule has 1 saturated heterocycles. The van der Waals surface area contributed by atoms with Crippen LogP contribution in [0.25, 0.3) is 0 Å². The fourth-order valence-corrected chi connectivity index (χ4v) is 3.80. The van der Waals surface area contributed by atoms with Crippen LogP contribution < -0.4 is 10.6 Å². The Hall–Kier alpha value is -1.67. The van der Waals surface area contributed by atoms with E-state index in [2.05, 4.69) is 20.9 Å². The van der Waals surface area contributed by atoms with Crippen molar-refractivity contribution in [2.75, 3.05) is 19.6 Å². The lowest BCUT2D eigenvalue weighted by atomic mass is 10.1. The van der Waals surface area contributed by atoms with Gasteiger partial charge in [-0.2, -0.15) is 0 Å². The second-order valence-electron chi connectivity index (χ2n) is 6.31. The monoisotopic (exact) mass is 397 g/mol. The van der Waals surface area contributed by atoms with E-state index in [1.54, 1.807) is 18.2 Å². The molecule has 0 aliphatic carbocycles. The van der Waals surface area contributed by atoms with Crippen LogP contribution in [0.1, 0.15) is 46.7 Å². The summed E-state index contributed by atoms with van der Waals surface area (Å²) in [7, 11) is 0. The highest BCUT2D eigenvalue weighted by atomic mass is 35.5. The highest BCUT2D eigenvalue weighted by Gasteiger charge is 2.24. The number of aliphatic hydroxyl groups excluding tert-OH is 1. The summed E-state index contributed by atoms with van der Waals surface area (Å²) in [4.78, 5) is 12.5. The van der Waals surface area contributed by atoms with Crippen LogP contribution in [0, 0.1) is 6.92 Å². The summed E-state index contributed by atoms with van der Waals surface area (Å²) < 4.78 is 1.82. The van der Waals surface area contributed by atoms with E-state index >= 15 is 0 Å². The first kappa shape index (κ1) is 19.1. The van der Waals surface area contributed by atoms with Gasteiger partial charge in [0.05, 0.1) is 17.8 Å². The number of nitrogens with zero attached hydrogens (tertiary/aromatic N) is 3. The summed E-state index contributed by atoms with van der Waals surface area (Å²) in [6.45, 7) is 3.66. The predicted molar refractivity (Wildman–Crippen MR) is 99.7 cm³/mol. The molecule has 26 heavy (non-hydrogen) atoms. The summed E-state index contributed by atoms with van der Waals surface area (Å²) in [6, 6.07) is 5.23. The maximum Gasteiger partial charge on any atom is 0.273 e. The van der Waals surface area contributed by atoms with Crippen molar-refractivity contribution in [3.8, 4) is 0 Å². The first-order valence-electron chi connectivity index (χ1n) is 8.51. The number of carbonyl (C=O) groups is 1. The lowest BCUT2D eigenvalue weighted by Crippen LogP contribution is -2.31. The Morgan fingerprint density at radius 1 is 1.38 bits per heavy atom. The molecule has 7 nitrogen and oxygen atoms in total. The highest BCUT2D eigenvalue weighted by molar-refractivity contribution is 6.36. The average Bonchev–Trinajstić information content (AvgIpc) is 3.02. The van der Waals surface area contributed by atoms with Gasteiger partial charge in [-0.25, -0.2) is 4.68 Å². The van der Waals surface area contributed by atoms with Crippen molar-refractivity contribution < 1.29 is 9.90 Å². The molecule has 1 aromatic heterocycles. The van der Waals surface area contributed by atoms with Gasteiger partial charge in [0, 0.05) is 22.2 Å². The van der Waals surface area contributed by atoms with Gasteiger partial charge in [0.25, 0.3) is 5.91 Å². The van der Waals surface area contributed by atoms with Crippen molar-refractivity contribution in [2.24, 2.45) is 0 Å². The molecular formula is C17H21Cl2N5O2. The standard InChI is InChI=1S/C17H21Cl2N5O2/c1-10-16(22-23-24(10)11-5-7-20-8-6-11)17(26)21-9-14(25)15-12(18)3-2-4-13(15)19/h2-4,11,14,20,25H,5-9H2,1H3,(H,21,26). The molecule has 1 amide bonds. The van der Waals surface area contributed by atoms with E-state index in [4.69, 9.17) is 23.2 Å². The Labute approximate surface area is 161 Å². The molecule has 3 N–H and O–H groups in total. The number of piperidine rings is 1. The Morgan fingerprint density at radius 3 is 2.69 bits per heavy atom. The molecule has 9 heteroatoms. The lowest BCUT2D eigenvalue weighted by molar-refractivity contribution is 0.0910. The van der Waals surface area contributed by atoms with Crippen LogP contribution in [0.5, 0.6) is 0 Å². The van der Waals surface area contributed by atoms with Crippen molar-refractivity contribution in [1.29, 1.82) is 0 Å². The van der Waals surface area contributed by atoms with E-state index in [0.717, 1.165) is 31.6 Å². The van der Waals surface area contributed by atoms with E-state index in [1.165, 1.54) is 0 Å². The normalized spacial score (nSPS) is 16.5. The maximum absolute atomic E-state index is 12.5. The van der Waals surface area contributed by atoms with E-state index in [-0.39, 0.29) is 24.2 Å². The van der Waals surface area contributed by atoms with Gasteiger partial charge >= 0.3 is 0 Å². The third-order valence-corrected chi connectivity index (χ3v) is 5.25. The van der Waals surface area contributed by atoms with Gasteiger partial charge in [-0.05, 0) is 45.0 Å². The Balaban J connectivity index is 1.66. The molecule has 0 bridgehead atoms. The fourth-order valence-electron chi connectivity index (χ4n) is 3.15. The van der Waals surface area contributed by atoms with Gasteiger partial charge in [-0.3, -0.25) is 4.79 Å². The Bertz CT molecular complexity index is 769. The number of carbonyl (C=O) groups excluding carboxylic acids is 1. The second-order valence-corrected chi connectivity index (χ2v) is 7.12. The maximum atomic E-state index is 12.5. The molecule has 2 heterocycles. The topological polar surface area (TPSA) is 92.1 Å². The number of halogens is 2. The largest absolute Gasteiger partial charge is 0.386 e. The highest BCUT2D eigenvalue weighted by Crippen LogP contribution is 2.30. The van der Waals surface area contributed by atoms with Crippen LogP contribution in [0.3, 0.4) is 0 Å². The predicted octanol–water partition coefficient (Wildman–Crippen LogP) is 2.28. The molecule has 1 aromatic carbocycles. The van der Waals surface area contributed by atoms with Gasteiger partial charge in [-0.15, -0.1) is 5.10 Å². The van der Waals surface area contributed by atoms with E-state index in [9.17, 15) is 9.90 Å². The number of hydrogen-bond donors (Lipinski definition) is 3. The number of nitrogens with one attached hydrogen (secondary N) is 2. The fraction of sp³-hybridized carbons (Fsp3) is 0.471. The van der Waals surface area contributed by atoms with Crippen LogP contribution in [-0.2, 0) is 0 Å². The summed E-state index contributed by atoms with van der Waals surface area (Å²) >= 11 is 12.2. The first-order valence-corrected chi connectivity index (χ1v) is 9.27. The smallest absolute Gasteiger partial charge is 0.273 e. The minimum atomic E-state index is -1.01. The average molecular weight is 398 g/mol. The van der Waals surface area contributed by atoms with Gasteiger partial charge < -0.3 is 15.7 Å². The molecule has 0 spiro atoms. The van der Waals surface area contributed by atoms with Crippen molar-refractivity contribution in [1.82, 2.24) is 25.6 Å². The van der Waals surface area contributed by atoms with Crippen LogP contribution in [0.4, 0.5) is 0 Å². The zero-order chi connectivity index (χ0) is 18.7. The molecule has 0 saturated carbocycles. The minimum Gasteiger partial charge on any atom is -0.386 e. The third kappa shape index (κ3) is 4.01. The minimum absolute atomic E-state index is 0.0259. The number of amides is 1. The summed E-state index contributed by atoms with van der Waals surface area (Å²) in [5.74, 6) is -0.384. The molecule has 1 unspecified atom stereocenters. The third-order valence-electron chi connectivity index (χ3n) is 4.59. The van der Waals surface area contributed by atoms with Gasteiger partial charge in [0.1, 0.15) is 0 Å². The number of rotatable bonds is 5. The van der Waals surface area contributed by atoms with Gasteiger partial charge in [-0.1, -0.05) is 34.5 Å². The summed E-state index contributed by atoms with van der Waals surface area (Å²) in [6.07, 6.45) is 0.893. The molecule has 1 atom stereocenters. The number of benzene rings is 1. The Morgan fingerprint density at radius 2 is 2.04 bits per heavy atom. The van der Waals surface area contributed by atoms with Gasteiger partial charge in [0.2, 0.25) is 0 Å². The van der Waals surface area contributed by atoms with Crippen molar-refractivity contribution in [2.45, 2.75) is 31.9 Å². The van der Waals surface area contributed by atoms with E-state index in [0.29, 0.717) is 15.6 Å². The van der Waals surface area contributed by atoms with Gasteiger partial charge in [0.15, 0.2) is 5.69 Å². The van der Waals surface area contributed by atoms with Crippen LogP contribution in [0.2, 0.25) is 10.0 Å². The van der Waals surface area contributed by atoms with Crippen LogP contribution in [-0.4, -0.2) is 45.6 Å². The lowest BCUT2D eigenvalue weighted by Gasteiger charge is -2.23. The Kier molecular flexibility index (Phi) is 6.13. The second kappa shape index (κ2) is 8.35. The molecule has 1 aliphatic heterocycles. The van der Waals surface area contributed by atoms with Crippen molar-refractivity contribution in [3.63, 3.8) is 0 Å². The quantitative estimate of drug-likeness (QED) is 0.719. The summed E-state index contributed by atoms with van der Waals surface area (Å²) in [5, 5.41) is 25.2. The molecule has 2 aromatic rings. The van der Waals surface area contributed by atoms with E-state index < -0.39 is 6.10 Å².